The number of nitrogens with zero attached hydrogens (tertiary/aromatic N) is 2. The number of carbonyl (C=O) groups excluding carboxylic acids is 2. The maximum atomic E-state index is 12.2. The average Bonchev–Trinajstić information content (AvgIpc) is 2.98. The van der Waals surface area contributed by atoms with E-state index in [2.05, 4.69) is 30.4 Å². The number of fused-ring (bicyclic) bond motifs is 2. The summed E-state index contributed by atoms with van der Waals surface area (Å²) in [6.45, 7) is 1.51. The van der Waals surface area contributed by atoms with Crippen molar-refractivity contribution in [3.63, 3.8) is 0 Å². The van der Waals surface area contributed by atoms with Crippen LogP contribution in [0.3, 0.4) is 0 Å². The fraction of sp³-hybridized carbons (Fsp3) is 0.368. The van der Waals surface area contributed by atoms with Gasteiger partial charge in [0.2, 0.25) is 5.91 Å². The Hall–Kier alpha value is -2.36. The Morgan fingerprint density at radius 1 is 1.17 bits per heavy atom. The summed E-state index contributed by atoms with van der Waals surface area (Å²) in [6, 6.07) is 6.15. The highest BCUT2D eigenvalue weighted by Crippen LogP contribution is 2.32. The Bertz CT molecular complexity index is 763. The van der Waals surface area contributed by atoms with Crippen molar-refractivity contribution >= 4 is 11.8 Å². The van der Waals surface area contributed by atoms with Crippen LogP contribution in [0, 0.1) is 11.8 Å². The lowest BCUT2D eigenvalue weighted by atomic mass is 9.86. The van der Waals surface area contributed by atoms with Gasteiger partial charge in [-0.1, -0.05) is 30.4 Å². The molecule has 0 radical (unpaired) electrons. The molecule has 3 aliphatic rings. The van der Waals surface area contributed by atoms with Crippen LogP contribution in [0.2, 0.25) is 0 Å². The van der Waals surface area contributed by atoms with E-state index in [4.69, 9.17) is 0 Å². The van der Waals surface area contributed by atoms with Crippen molar-refractivity contribution in [1.82, 2.24) is 9.80 Å². The van der Waals surface area contributed by atoms with Crippen LogP contribution in [0.1, 0.15) is 21.5 Å². The Morgan fingerprint density at radius 2 is 2.00 bits per heavy atom. The first-order chi connectivity index (χ1) is 11.0. The Labute approximate surface area is 136 Å². The maximum absolute atomic E-state index is 12.2. The van der Waals surface area contributed by atoms with Crippen LogP contribution in [0.5, 0.6) is 0 Å². The monoisotopic (exact) mass is 308 g/mol. The van der Waals surface area contributed by atoms with Gasteiger partial charge in [-0.15, -0.1) is 0 Å². The van der Waals surface area contributed by atoms with Gasteiger partial charge in [0.1, 0.15) is 0 Å². The van der Waals surface area contributed by atoms with Crippen molar-refractivity contribution in [3.05, 3.63) is 58.7 Å². The van der Waals surface area contributed by atoms with E-state index in [1.165, 1.54) is 0 Å². The van der Waals surface area contributed by atoms with Crippen LogP contribution in [0.25, 0.3) is 0 Å². The van der Waals surface area contributed by atoms with E-state index in [1.54, 1.807) is 4.90 Å². The summed E-state index contributed by atoms with van der Waals surface area (Å²) in [5, 5.41) is 0. The number of likely N-dealkylation sites (tertiary alicyclic amines) is 1. The summed E-state index contributed by atoms with van der Waals surface area (Å²) < 4.78 is 0. The van der Waals surface area contributed by atoms with Crippen molar-refractivity contribution in [3.8, 4) is 0 Å². The smallest absolute Gasteiger partial charge is 0.254 e. The molecule has 1 aromatic carbocycles. The summed E-state index contributed by atoms with van der Waals surface area (Å²) in [5.74, 6) is 0.610. The van der Waals surface area contributed by atoms with Crippen molar-refractivity contribution in [2.24, 2.45) is 11.8 Å². The molecule has 2 amide bonds. The average molecular weight is 308 g/mol. The minimum absolute atomic E-state index is 0.0119. The molecule has 4 nitrogen and oxygen atoms in total. The van der Waals surface area contributed by atoms with Crippen LogP contribution >= 0.6 is 0 Å². The van der Waals surface area contributed by atoms with Gasteiger partial charge in [-0.25, -0.2) is 0 Å². The quantitative estimate of drug-likeness (QED) is 0.838. The van der Waals surface area contributed by atoms with Gasteiger partial charge in [0, 0.05) is 38.7 Å². The third-order valence-electron chi connectivity index (χ3n) is 5.13. The highest BCUT2D eigenvalue weighted by Gasteiger charge is 2.37. The lowest BCUT2D eigenvalue weighted by Crippen LogP contribution is -2.22. The molecule has 0 aromatic heterocycles. The molecule has 1 aromatic rings. The first-order valence-corrected chi connectivity index (χ1v) is 8.04. The van der Waals surface area contributed by atoms with Gasteiger partial charge < -0.3 is 9.80 Å². The predicted octanol–water partition coefficient (Wildman–Crippen LogP) is 2.02. The minimum atomic E-state index is -0.0119. The maximum Gasteiger partial charge on any atom is 0.254 e. The van der Waals surface area contributed by atoms with Gasteiger partial charge >= 0.3 is 0 Å². The molecule has 1 fully saturated rings. The van der Waals surface area contributed by atoms with E-state index in [0.717, 1.165) is 35.2 Å². The second-order valence-electron chi connectivity index (χ2n) is 6.84. The first kappa shape index (κ1) is 14.2. The van der Waals surface area contributed by atoms with Gasteiger partial charge in [0.25, 0.3) is 5.91 Å². The number of allylic oxidation sites excluding steroid dienone is 2. The van der Waals surface area contributed by atoms with Crippen LogP contribution < -0.4 is 0 Å². The lowest BCUT2D eigenvalue weighted by molar-refractivity contribution is -0.128. The summed E-state index contributed by atoms with van der Waals surface area (Å²) in [6.07, 6.45) is 7.17. The van der Waals surface area contributed by atoms with Crippen LogP contribution in [-0.4, -0.2) is 42.3 Å². The van der Waals surface area contributed by atoms with E-state index < -0.39 is 0 Å². The van der Waals surface area contributed by atoms with E-state index in [-0.39, 0.29) is 17.7 Å². The standard InChI is InChI=1S/C19H20N2O2/c1-20-10-14-5-3-12(8-16(14)18(20)22)7-13-4-6-15-11-21(2)19(23)17(15)9-13/h3-6,8-9,14,16H,7,10-11H2,1-2H3. The number of hydrogen-bond acceptors (Lipinski definition) is 2. The van der Waals surface area contributed by atoms with Gasteiger partial charge in [0.05, 0.1) is 5.92 Å². The molecule has 1 saturated heterocycles. The fourth-order valence-corrected chi connectivity index (χ4v) is 3.82. The minimum Gasteiger partial charge on any atom is -0.345 e. The fourth-order valence-electron chi connectivity index (χ4n) is 3.82. The number of amides is 2. The first-order valence-electron chi connectivity index (χ1n) is 8.04. The number of benzene rings is 1. The molecule has 0 bridgehead atoms. The van der Waals surface area contributed by atoms with E-state index in [1.807, 2.05) is 25.1 Å². The molecule has 1 aliphatic carbocycles. The molecule has 0 spiro atoms. The van der Waals surface area contributed by atoms with Crippen molar-refractivity contribution in [2.75, 3.05) is 20.6 Å². The van der Waals surface area contributed by atoms with Gasteiger partial charge in [-0.05, 0) is 29.2 Å². The van der Waals surface area contributed by atoms with Gasteiger partial charge in [-0.2, -0.15) is 0 Å². The van der Waals surface area contributed by atoms with Gasteiger partial charge in [0.15, 0.2) is 0 Å². The van der Waals surface area contributed by atoms with Crippen molar-refractivity contribution < 1.29 is 9.59 Å². The summed E-state index contributed by atoms with van der Waals surface area (Å²) in [5.41, 5.74) is 4.20. The SMILES string of the molecule is CN1Cc2ccc(CC3=CC4C(=O)N(C)CC4C=C3)cc2C1=O. The van der Waals surface area contributed by atoms with Crippen LogP contribution in [0.4, 0.5) is 0 Å². The molecule has 23 heavy (non-hydrogen) atoms. The zero-order valence-corrected chi connectivity index (χ0v) is 13.5. The van der Waals surface area contributed by atoms with Crippen LogP contribution in [-0.2, 0) is 17.8 Å². The summed E-state index contributed by atoms with van der Waals surface area (Å²) >= 11 is 0. The number of carbonyl (C=O) groups is 2. The Morgan fingerprint density at radius 3 is 2.83 bits per heavy atom. The van der Waals surface area contributed by atoms with Crippen molar-refractivity contribution in [2.45, 2.75) is 13.0 Å². The Balaban J connectivity index is 1.57. The summed E-state index contributed by atoms with van der Waals surface area (Å²) in [7, 11) is 3.70. The van der Waals surface area contributed by atoms with Crippen LogP contribution in [0.15, 0.2) is 42.0 Å². The Kier molecular flexibility index (Phi) is 3.15. The normalized spacial score (nSPS) is 25.7. The second-order valence-corrected chi connectivity index (χ2v) is 6.84. The van der Waals surface area contributed by atoms with E-state index in [0.29, 0.717) is 12.5 Å². The van der Waals surface area contributed by atoms with Gasteiger partial charge in [-0.3, -0.25) is 9.59 Å². The number of rotatable bonds is 2. The zero-order chi connectivity index (χ0) is 16.1. The number of hydrogen-bond donors (Lipinski definition) is 0. The molecule has 118 valence electrons. The predicted molar refractivity (Wildman–Crippen MR) is 87.8 cm³/mol. The molecular formula is C19H20N2O2. The third-order valence-corrected chi connectivity index (χ3v) is 5.13. The van der Waals surface area contributed by atoms with E-state index >= 15 is 0 Å². The molecule has 0 N–H and O–H groups in total. The molecule has 0 saturated carbocycles. The molecule has 2 atom stereocenters. The highest BCUT2D eigenvalue weighted by molar-refractivity contribution is 5.98. The summed E-state index contributed by atoms with van der Waals surface area (Å²) in [4.78, 5) is 27.8. The molecule has 4 rings (SSSR count). The second kappa shape index (κ2) is 5.08. The van der Waals surface area contributed by atoms with Crippen molar-refractivity contribution in [1.29, 1.82) is 0 Å². The molecule has 4 heteroatoms. The molecular weight excluding hydrogens is 288 g/mol. The topological polar surface area (TPSA) is 40.6 Å². The molecule has 2 aliphatic heterocycles. The largest absolute Gasteiger partial charge is 0.345 e. The molecule has 2 unspecified atom stereocenters. The van der Waals surface area contributed by atoms with E-state index in [9.17, 15) is 9.59 Å². The zero-order valence-electron chi connectivity index (χ0n) is 13.5. The highest BCUT2D eigenvalue weighted by atomic mass is 16.2. The lowest BCUT2D eigenvalue weighted by Gasteiger charge is -2.16. The third kappa shape index (κ3) is 2.29. The molecule has 2 heterocycles.